The van der Waals surface area contributed by atoms with Crippen LogP contribution in [0.3, 0.4) is 0 Å². The molecule has 0 atom stereocenters. The van der Waals surface area contributed by atoms with E-state index in [2.05, 4.69) is 57.5 Å². The van der Waals surface area contributed by atoms with Gasteiger partial charge in [-0.25, -0.2) is 9.50 Å². The average molecular weight is 424 g/mol. The van der Waals surface area contributed by atoms with Gasteiger partial charge in [-0.2, -0.15) is 5.26 Å². The van der Waals surface area contributed by atoms with Crippen molar-refractivity contribution in [2.45, 2.75) is 6.54 Å². The van der Waals surface area contributed by atoms with E-state index in [0.717, 1.165) is 48.9 Å². The third-order valence-electron chi connectivity index (χ3n) is 5.95. The number of imidazole rings is 1. The van der Waals surface area contributed by atoms with Crippen molar-refractivity contribution in [2.24, 2.45) is 0 Å². The number of hydrogen-bond acceptors (Lipinski definition) is 6. The van der Waals surface area contributed by atoms with E-state index in [9.17, 15) is 0 Å². The summed E-state index contributed by atoms with van der Waals surface area (Å²) in [5, 5.41) is 17.2. The molecule has 160 valence electrons. The van der Waals surface area contributed by atoms with E-state index in [-0.39, 0.29) is 0 Å². The number of fused-ring (bicyclic) bond motifs is 1. The fourth-order valence-corrected chi connectivity index (χ4v) is 3.96. The lowest BCUT2D eigenvalue weighted by Crippen LogP contribution is -2.44. The summed E-state index contributed by atoms with van der Waals surface area (Å²) in [4.78, 5) is 9.26. The summed E-state index contributed by atoms with van der Waals surface area (Å²) in [5.41, 5.74) is 5.78. The number of nitrogens with one attached hydrogen (secondary N) is 1. The third-order valence-corrected chi connectivity index (χ3v) is 5.95. The number of aromatic nitrogens is 3. The molecule has 4 aromatic rings. The number of nitrogens with zero attached hydrogens (tertiary/aromatic N) is 6. The largest absolute Gasteiger partial charge is 0.369 e. The maximum absolute atomic E-state index is 9.02. The summed E-state index contributed by atoms with van der Waals surface area (Å²) in [6.07, 6.45) is 1.81. The first-order valence-electron chi connectivity index (χ1n) is 10.8. The Morgan fingerprint density at radius 3 is 2.41 bits per heavy atom. The zero-order valence-electron chi connectivity index (χ0n) is 18.1. The highest BCUT2D eigenvalue weighted by molar-refractivity contribution is 5.64. The molecule has 1 fully saturated rings. The quantitative estimate of drug-likeness (QED) is 0.529. The molecule has 0 bridgehead atoms. The molecule has 7 nitrogen and oxygen atoms in total. The van der Waals surface area contributed by atoms with Gasteiger partial charge in [-0.1, -0.05) is 24.3 Å². The van der Waals surface area contributed by atoms with Gasteiger partial charge in [-0.05, 0) is 49.0 Å². The summed E-state index contributed by atoms with van der Waals surface area (Å²) in [6, 6.07) is 22.3. The second-order valence-corrected chi connectivity index (χ2v) is 8.13. The Hall–Kier alpha value is -3.89. The van der Waals surface area contributed by atoms with Crippen LogP contribution in [0.1, 0.15) is 11.1 Å². The van der Waals surface area contributed by atoms with Gasteiger partial charge in [0.1, 0.15) is 5.82 Å². The summed E-state index contributed by atoms with van der Waals surface area (Å²) in [5.74, 6) is 0.786. The molecule has 32 heavy (non-hydrogen) atoms. The molecule has 2 aromatic heterocycles. The van der Waals surface area contributed by atoms with Crippen LogP contribution in [0.15, 0.2) is 66.9 Å². The minimum absolute atomic E-state index is 0.636. The highest BCUT2D eigenvalue weighted by atomic mass is 15.3. The molecular formula is C25H25N7. The number of benzene rings is 2. The Morgan fingerprint density at radius 1 is 0.938 bits per heavy atom. The van der Waals surface area contributed by atoms with Gasteiger partial charge in [0.05, 0.1) is 23.5 Å². The van der Waals surface area contributed by atoms with Gasteiger partial charge in [0.15, 0.2) is 5.65 Å². The van der Waals surface area contributed by atoms with Crippen LogP contribution < -0.4 is 10.2 Å². The first-order chi connectivity index (χ1) is 15.7. The molecule has 3 heterocycles. The van der Waals surface area contributed by atoms with E-state index >= 15 is 0 Å². The number of anilines is 2. The molecule has 1 N–H and O–H groups in total. The highest BCUT2D eigenvalue weighted by Crippen LogP contribution is 2.22. The normalized spacial score (nSPS) is 14.4. The minimum Gasteiger partial charge on any atom is -0.369 e. The standard InChI is InChI=1S/C25H25N7/c1-30-12-14-31(15-13-30)22-8-4-20(5-9-22)17-27-24-10-11-25-28-18-23(32(25)29-24)21-6-2-19(16-26)3-7-21/h2-11,18H,12-15,17H2,1H3,(H,27,29). The molecule has 5 rings (SSSR count). The van der Waals surface area contributed by atoms with E-state index in [4.69, 9.17) is 10.4 Å². The smallest absolute Gasteiger partial charge is 0.154 e. The van der Waals surface area contributed by atoms with Gasteiger partial charge in [0.2, 0.25) is 0 Å². The van der Waals surface area contributed by atoms with Crippen molar-refractivity contribution in [1.82, 2.24) is 19.5 Å². The van der Waals surface area contributed by atoms with Crippen molar-refractivity contribution in [3.63, 3.8) is 0 Å². The molecule has 0 aliphatic carbocycles. The van der Waals surface area contributed by atoms with Gasteiger partial charge in [0.25, 0.3) is 0 Å². The summed E-state index contributed by atoms with van der Waals surface area (Å²) >= 11 is 0. The number of rotatable bonds is 5. The Bertz CT molecular complexity index is 1240. The maximum Gasteiger partial charge on any atom is 0.154 e. The Morgan fingerprint density at radius 2 is 1.69 bits per heavy atom. The Kier molecular flexibility index (Phi) is 5.44. The fourth-order valence-electron chi connectivity index (χ4n) is 3.96. The van der Waals surface area contributed by atoms with Crippen molar-refractivity contribution in [2.75, 3.05) is 43.4 Å². The number of likely N-dealkylation sites (N-methyl/N-ethyl adjacent to an activating group) is 1. The Balaban J connectivity index is 1.29. The van der Waals surface area contributed by atoms with Gasteiger partial charge in [0, 0.05) is 44.0 Å². The molecule has 0 amide bonds. The molecule has 7 heteroatoms. The molecule has 0 unspecified atom stereocenters. The molecule has 0 spiro atoms. The number of hydrogen-bond donors (Lipinski definition) is 1. The van der Waals surface area contributed by atoms with Gasteiger partial charge in [-0.15, -0.1) is 5.10 Å². The summed E-state index contributed by atoms with van der Waals surface area (Å²) in [6.45, 7) is 5.06. The van der Waals surface area contributed by atoms with Crippen LogP contribution in [-0.2, 0) is 6.54 Å². The van der Waals surface area contributed by atoms with Crippen LogP contribution in [0.2, 0.25) is 0 Å². The first kappa shape index (κ1) is 20.0. The number of piperazine rings is 1. The Labute approximate surface area is 187 Å². The van der Waals surface area contributed by atoms with E-state index in [1.807, 2.05) is 47.1 Å². The van der Waals surface area contributed by atoms with Crippen LogP contribution >= 0.6 is 0 Å². The molecule has 0 saturated carbocycles. The van der Waals surface area contributed by atoms with E-state index in [1.165, 1.54) is 11.3 Å². The zero-order valence-corrected chi connectivity index (χ0v) is 18.1. The molecule has 0 radical (unpaired) electrons. The van der Waals surface area contributed by atoms with Crippen LogP contribution in [0.4, 0.5) is 11.5 Å². The predicted octanol–water partition coefficient (Wildman–Crippen LogP) is 3.63. The first-order valence-corrected chi connectivity index (χ1v) is 10.8. The van der Waals surface area contributed by atoms with Crippen LogP contribution in [0, 0.1) is 11.3 Å². The van der Waals surface area contributed by atoms with E-state index in [0.29, 0.717) is 12.1 Å². The SMILES string of the molecule is CN1CCN(c2ccc(CNc3ccc4ncc(-c5ccc(C#N)cc5)n4n3)cc2)CC1. The number of nitriles is 1. The van der Waals surface area contributed by atoms with E-state index < -0.39 is 0 Å². The summed E-state index contributed by atoms with van der Waals surface area (Å²) in [7, 11) is 2.18. The van der Waals surface area contributed by atoms with Gasteiger partial charge in [-0.3, -0.25) is 0 Å². The minimum atomic E-state index is 0.636. The summed E-state index contributed by atoms with van der Waals surface area (Å²) < 4.78 is 1.83. The predicted molar refractivity (Wildman–Crippen MR) is 127 cm³/mol. The zero-order chi connectivity index (χ0) is 21.9. The van der Waals surface area contributed by atoms with Crippen LogP contribution in [0.5, 0.6) is 0 Å². The molecule has 1 aliphatic heterocycles. The topological polar surface area (TPSA) is 72.5 Å². The second kappa shape index (κ2) is 8.69. The van der Waals surface area contributed by atoms with Crippen LogP contribution in [-0.4, -0.2) is 52.7 Å². The maximum atomic E-state index is 9.02. The average Bonchev–Trinajstić information content (AvgIpc) is 3.27. The molecular weight excluding hydrogens is 398 g/mol. The van der Waals surface area contributed by atoms with Crippen molar-refractivity contribution >= 4 is 17.2 Å². The van der Waals surface area contributed by atoms with Gasteiger partial charge >= 0.3 is 0 Å². The lowest BCUT2D eigenvalue weighted by Gasteiger charge is -2.34. The monoisotopic (exact) mass is 423 g/mol. The third kappa shape index (κ3) is 4.13. The van der Waals surface area contributed by atoms with E-state index in [1.54, 1.807) is 0 Å². The lowest BCUT2D eigenvalue weighted by molar-refractivity contribution is 0.313. The molecule has 2 aromatic carbocycles. The second-order valence-electron chi connectivity index (χ2n) is 8.13. The fraction of sp³-hybridized carbons (Fsp3) is 0.240. The van der Waals surface area contributed by atoms with Crippen LogP contribution in [0.25, 0.3) is 16.9 Å². The van der Waals surface area contributed by atoms with Gasteiger partial charge < -0.3 is 15.1 Å². The molecule has 1 saturated heterocycles. The van der Waals surface area contributed by atoms with Crippen molar-refractivity contribution in [3.05, 3.63) is 78.0 Å². The van der Waals surface area contributed by atoms with Crippen molar-refractivity contribution in [1.29, 1.82) is 5.26 Å². The lowest BCUT2D eigenvalue weighted by atomic mass is 10.1. The van der Waals surface area contributed by atoms with Crippen molar-refractivity contribution < 1.29 is 0 Å². The molecule has 1 aliphatic rings. The highest BCUT2D eigenvalue weighted by Gasteiger charge is 2.14. The van der Waals surface area contributed by atoms with Crippen molar-refractivity contribution in [3.8, 4) is 17.3 Å².